The van der Waals surface area contributed by atoms with E-state index in [9.17, 15) is 14.4 Å². The number of alkyl halides is 1. The van der Waals surface area contributed by atoms with Crippen molar-refractivity contribution >= 4 is 5.97 Å². The number of benzene rings is 2. The maximum Gasteiger partial charge on any atom is 0.338 e. The van der Waals surface area contributed by atoms with Gasteiger partial charge in [0.05, 0.1) is 12.2 Å². The zero-order valence-electron chi connectivity index (χ0n) is 18.6. The van der Waals surface area contributed by atoms with E-state index in [1.54, 1.807) is 37.3 Å². The Morgan fingerprint density at radius 1 is 1.03 bits per heavy atom. The van der Waals surface area contributed by atoms with Crippen molar-refractivity contribution in [2.45, 2.75) is 51.3 Å². The Morgan fingerprint density at radius 3 is 2.38 bits per heavy atom. The number of halogens is 1. The smallest absolute Gasteiger partial charge is 0.338 e. The highest BCUT2D eigenvalue weighted by atomic mass is 19.1. The molecule has 0 bridgehead atoms. The van der Waals surface area contributed by atoms with Crippen molar-refractivity contribution in [3.05, 3.63) is 105 Å². The van der Waals surface area contributed by atoms with Crippen molar-refractivity contribution < 1.29 is 23.4 Å². The quantitative estimate of drug-likeness (QED) is 0.472. The maximum atomic E-state index is 15.5. The van der Waals surface area contributed by atoms with E-state index in [-0.39, 0.29) is 18.9 Å². The Balaban J connectivity index is 1.51. The first-order valence-corrected chi connectivity index (χ1v) is 11.0. The van der Waals surface area contributed by atoms with Gasteiger partial charge < -0.3 is 14.2 Å². The molecule has 1 saturated heterocycles. The van der Waals surface area contributed by atoms with Crippen molar-refractivity contribution in [1.29, 1.82) is 0 Å². The third-order valence-electron chi connectivity index (χ3n) is 5.62. The highest BCUT2D eigenvalue weighted by Gasteiger charge is 2.48. The summed E-state index contributed by atoms with van der Waals surface area (Å²) in [5, 5.41) is 0. The molecule has 0 N–H and O–H groups in total. The zero-order chi connectivity index (χ0) is 24.1. The lowest BCUT2D eigenvalue weighted by Crippen LogP contribution is -2.43. The minimum Gasteiger partial charge on any atom is -0.453 e. The van der Waals surface area contributed by atoms with Gasteiger partial charge in [0.25, 0.3) is 5.56 Å². The van der Waals surface area contributed by atoms with Gasteiger partial charge in [0.15, 0.2) is 18.5 Å². The largest absolute Gasteiger partial charge is 0.453 e. The van der Waals surface area contributed by atoms with Crippen molar-refractivity contribution in [2.24, 2.45) is 0 Å². The molecule has 0 spiro atoms. The van der Waals surface area contributed by atoms with Crippen molar-refractivity contribution in [3.63, 3.8) is 0 Å². The molecule has 4 rings (SSSR count). The summed E-state index contributed by atoms with van der Waals surface area (Å²) >= 11 is 0. The lowest BCUT2D eigenvalue weighted by molar-refractivity contribution is -0.0344. The molecule has 2 heterocycles. The maximum absolute atomic E-state index is 15.5. The third-order valence-corrected chi connectivity index (χ3v) is 5.62. The average molecular weight is 468 g/mol. The summed E-state index contributed by atoms with van der Waals surface area (Å²) < 4.78 is 34.0. The topological polar surface area (TPSA) is 88.8 Å². The van der Waals surface area contributed by atoms with Gasteiger partial charge in [0, 0.05) is 12.3 Å². The van der Waals surface area contributed by atoms with Gasteiger partial charge in [-0.25, -0.2) is 18.5 Å². The summed E-state index contributed by atoms with van der Waals surface area (Å²) in [6.07, 6.45) is -3.58. The minimum absolute atomic E-state index is 0.197. The van der Waals surface area contributed by atoms with Gasteiger partial charge in [-0.05, 0) is 24.1 Å². The van der Waals surface area contributed by atoms with E-state index < -0.39 is 41.8 Å². The molecule has 0 amide bonds. The molecule has 1 aliphatic heterocycles. The standard InChI is InChI=1S/C25H25FN2O6/c1-2-19-22(34-24(30)18-11-7-4-8-12-18)21(26)23(33-19)27-14-13-20(29)28(25(27)31)16-32-15-17-9-5-3-6-10-17/h3-14,19,21-23H,2,15-16H2,1H3/t19-,21?,22+,23-/m1/s1. The van der Waals surface area contributed by atoms with E-state index in [0.717, 1.165) is 20.8 Å². The lowest BCUT2D eigenvalue weighted by Gasteiger charge is -2.19. The number of hydrogen-bond donors (Lipinski definition) is 0. The molecule has 178 valence electrons. The summed E-state index contributed by atoms with van der Waals surface area (Å²) in [5.41, 5.74) is -0.196. The second-order valence-corrected chi connectivity index (χ2v) is 7.89. The number of aromatic nitrogens is 2. The number of ether oxygens (including phenoxy) is 3. The summed E-state index contributed by atoms with van der Waals surface area (Å²) in [4.78, 5) is 37.8. The van der Waals surface area contributed by atoms with Crippen molar-refractivity contribution in [1.82, 2.24) is 9.13 Å². The normalized spacial score (nSPS) is 21.9. The molecule has 0 radical (unpaired) electrons. The molecular formula is C25H25FN2O6. The van der Waals surface area contributed by atoms with E-state index in [1.807, 2.05) is 30.3 Å². The Hall–Kier alpha value is -3.56. The van der Waals surface area contributed by atoms with Crippen LogP contribution in [-0.2, 0) is 27.5 Å². The molecule has 1 aliphatic rings. The summed E-state index contributed by atoms with van der Waals surface area (Å²) in [7, 11) is 0. The fraction of sp³-hybridized carbons (Fsp3) is 0.320. The second-order valence-electron chi connectivity index (χ2n) is 7.89. The van der Waals surface area contributed by atoms with Gasteiger partial charge in [0.1, 0.15) is 12.8 Å². The Morgan fingerprint density at radius 2 is 1.71 bits per heavy atom. The molecule has 8 nitrogen and oxygen atoms in total. The zero-order valence-corrected chi connectivity index (χ0v) is 18.6. The van der Waals surface area contributed by atoms with E-state index in [1.165, 1.54) is 6.20 Å². The summed E-state index contributed by atoms with van der Waals surface area (Å²) in [6.45, 7) is 1.66. The number of rotatable bonds is 8. The van der Waals surface area contributed by atoms with Crippen molar-refractivity contribution in [3.8, 4) is 0 Å². The van der Waals surface area contributed by atoms with E-state index in [4.69, 9.17) is 14.2 Å². The van der Waals surface area contributed by atoms with Crippen LogP contribution in [-0.4, -0.2) is 33.5 Å². The molecule has 0 saturated carbocycles. The minimum atomic E-state index is -1.81. The summed E-state index contributed by atoms with van der Waals surface area (Å²) in [6, 6.07) is 18.7. The first-order valence-electron chi connectivity index (χ1n) is 11.0. The van der Waals surface area contributed by atoms with E-state index >= 15 is 4.39 Å². The summed E-state index contributed by atoms with van der Waals surface area (Å²) in [5.74, 6) is -0.678. The van der Waals surface area contributed by atoms with Gasteiger partial charge in [0.2, 0.25) is 0 Å². The van der Waals surface area contributed by atoms with E-state index in [0.29, 0.717) is 6.42 Å². The van der Waals surface area contributed by atoms with Crippen LogP contribution < -0.4 is 11.2 Å². The van der Waals surface area contributed by atoms with Crippen LogP contribution in [0, 0.1) is 0 Å². The molecular weight excluding hydrogens is 443 g/mol. The monoisotopic (exact) mass is 468 g/mol. The Bertz CT molecular complexity index is 1230. The first-order chi connectivity index (χ1) is 16.5. The molecule has 34 heavy (non-hydrogen) atoms. The SMILES string of the molecule is CC[C@H]1O[C@@H](n2ccc(=O)n(COCc3ccccc3)c2=O)C(F)[C@H]1OC(=O)c1ccccc1. The molecule has 3 aromatic rings. The second kappa shape index (κ2) is 10.6. The highest BCUT2D eigenvalue weighted by Crippen LogP contribution is 2.34. The van der Waals surface area contributed by atoms with Crippen LogP contribution in [0.5, 0.6) is 0 Å². The number of esters is 1. The fourth-order valence-electron chi connectivity index (χ4n) is 3.83. The van der Waals surface area contributed by atoms with Crippen LogP contribution >= 0.6 is 0 Å². The first kappa shape index (κ1) is 23.6. The molecule has 0 aliphatic carbocycles. The average Bonchev–Trinajstić information content (AvgIpc) is 3.17. The molecule has 1 fully saturated rings. The van der Waals surface area contributed by atoms with E-state index in [2.05, 4.69) is 0 Å². The fourth-order valence-corrected chi connectivity index (χ4v) is 3.83. The van der Waals surface area contributed by atoms with Crippen LogP contribution in [0.25, 0.3) is 0 Å². The highest BCUT2D eigenvalue weighted by molar-refractivity contribution is 5.89. The van der Waals surface area contributed by atoms with Crippen molar-refractivity contribution in [2.75, 3.05) is 0 Å². The number of carbonyl (C=O) groups is 1. The lowest BCUT2D eigenvalue weighted by atomic mass is 10.1. The van der Waals surface area contributed by atoms with Gasteiger partial charge >= 0.3 is 11.7 Å². The van der Waals surface area contributed by atoms with Crippen LogP contribution in [0.2, 0.25) is 0 Å². The predicted molar refractivity (Wildman–Crippen MR) is 121 cm³/mol. The van der Waals surface area contributed by atoms with Gasteiger partial charge in [-0.15, -0.1) is 0 Å². The predicted octanol–water partition coefficient (Wildman–Crippen LogP) is 3.06. The van der Waals surface area contributed by atoms with Gasteiger partial charge in [-0.1, -0.05) is 55.5 Å². The van der Waals surface area contributed by atoms with Crippen LogP contribution in [0.4, 0.5) is 4.39 Å². The third kappa shape index (κ3) is 5.00. The molecule has 2 aromatic carbocycles. The molecule has 1 aromatic heterocycles. The Labute approximate surface area is 195 Å². The number of hydrogen-bond acceptors (Lipinski definition) is 6. The number of nitrogens with zero attached hydrogens (tertiary/aromatic N) is 2. The number of carbonyl (C=O) groups excluding carboxylic acids is 1. The van der Waals surface area contributed by atoms with Crippen LogP contribution in [0.1, 0.15) is 35.5 Å². The van der Waals surface area contributed by atoms with Gasteiger partial charge in [-0.3, -0.25) is 9.36 Å². The Kier molecular flexibility index (Phi) is 7.34. The van der Waals surface area contributed by atoms with Crippen LogP contribution in [0.3, 0.4) is 0 Å². The molecule has 4 atom stereocenters. The van der Waals surface area contributed by atoms with Crippen LogP contribution in [0.15, 0.2) is 82.5 Å². The molecule has 1 unspecified atom stereocenters. The molecule has 9 heteroatoms. The van der Waals surface area contributed by atoms with Gasteiger partial charge in [-0.2, -0.15) is 0 Å².